The third kappa shape index (κ3) is 7.31. The zero-order valence-corrected chi connectivity index (χ0v) is 19.0. The average molecular weight is 456 g/mol. The maximum absolute atomic E-state index is 11.0. The van der Waals surface area contributed by atoms with Crippen molar-refractivity contribution in [3.8, 4) is 5.75 Å². The second kappa shape index (κ2) is 10.7. The lowest BCUT2D eigenvalue weighted by Gasteiger charge is -2.22. The van der Waals surface area contributed by atoms with Gasteiger partial charge in [-0.15, -0.1) is 0 Å². The Morgan fingerprint density at radius 3 is 2.45 bits per heavy atom. The summed E-state index contributed by atoms with van der Waals surface area (Å²) in [5, 5.41) is 9.69. The Morgan fingerprint density at radius 2 is 1.77 bits per heavy atom. The molecule has 31 heavy (non-hydrogen) atoms. The maximum Gasteiger partial charge on any atom is 0.305 e. The molecule has 6 heteroatoms. The van der Waals surface area contributed by atoms with Crippen LogP contribution < -0.4 is 10.5 Å². The van der Waals surface area contributed by atoms with Crippen molar-refractivity contribution in [2.24, 2.45) is 5.73 Å². The first kappa shape index (κ1) is 23.2. The summed E-state index contributed by atoms with van der Waals surface area (Å²) in [6, 6.07) is 23.9. The number of rotatable bonds is 10. The fraction of sp³-hybridized carbons (Fsp3) is 0.240. The zero-order valence-electron chi connectivity index (χ0n) is 17.4. The second-order valence-corrected chi connectivity index (χ2v) is 9.29. The molecule has 0 saturated heterocycles. The van der Waals surface area contributed by atoms with Gasteiger partial charge < -0.3 is 15.6 Å². The van der Waals surface area contributed by atoms with Crippen LogP contribution in [0, 0.1) is 0 Å². The Balaban J connectivity index is 1.60. The molecule has 162 valence electrons. The van der Waals surface area contributed by atoms with Gasteiger partial charge in [-0.2, -0.15) is 0 Å². The summed E-state index contributed by atoms with van der Waals surface area (Å²) in [6.07, 6.45) is 1.10. The summed E-state index contributed by atoms with van der Waals surface area (Å²) in [6.45, 7) is 2.29. The smallest absolute Gasteiger partial charge is 0.305 e. The van der Waals surface area contributed by atoms with Crippen LogP contribution in [-0.4, -0.2) is 16.6 Å². The Bertz CT molecular complexity index is 1010. The van der Waals surface area contributed by atoms with E-state index in [1.165, 1.54) is 0 Å². The Hall–Kier alpha value is -2.47. The van der Waals surface area contributed by atoms with Gasteiger partial charge in [-0.1, -0.05) is 65.8 Å². The number of nitrogens with two attached hydrogens (primary N) is 1. The molecule has 0 aliphatic carbocycles. The standard InChI is InChI=1S/C25H26ClNO3S/c1-25(27,16-23(28)29)15-14-19-8-5-9-22(24(19)26)31-21-12-10-20(11-13-21)30-17-18-6-3-2-4-7-18/h2-13H,14-17,27H2,1H3,(H,28,29). The highest BCUT2D eigenvalue weighted by atomic mass is 35.5. The highest BCUT2D eigenvalue weighted by Gasteiger charge is 2.22. The molecular weight excluding hydrogens is 430 g/mol. The van der Waals surface area contributed by atoms with Crippen LogP contribution in [-0.2, 0) is 17.8 Å². The minimum Gasteiger partial charge on any atom is -0.489 e. The van der Waals surface area contributed by atoms with Crippen LogP contribution in [0.4, 0.5) is 0 Å². The molecule has 0 saturated carbocycles. The lowest BCUT2D eigenvalue weighted by atomic mass is 9.91. The quantitative estimate of drug-likeness (QED) is 0.381. The van der Waals surface area contributed by atoms with Gasteiger partial charge in [-0.25, -0.2) is 0 Å². The van der Waals surface area contributed by atoms with Crippen molar-refractivity contribution in [2.75, 3.05) is 0 Å². The fourth-order valence-electron chi connectivity index (χ4n) is 3.15. The molecule has 0 heterocycles. The van der Waals surface area contributed by atoms with Crippen molar-refractivity contribution in [3.05, 3.63) is 88.9 Å². The molecule has 0 bridgehead atoms. The van der Waals surface area contributed by atoms with E-state index in [1.807, 2.05) is 72.8 Å². The minimum absolute atomic E-state index is 0.0717. The SMILES string of the molecule is CC(N)(CCc1cccc(Sc2ccc(OCc3ccccc3)cc2)c1Cl)CC(=O)O. The Kier molecular flexibility index (Phi) is 8.02. The summed E-state index contributed by atoms with van der Waals surface area (Å²) in [4.78, 5) is 13.0. The molecule has 4 nitrogen and oxygen atoms in total. The second-order valence-electron chi connectivity index (χ2n) is 7.80. The number of carboxylic acid groups (broad SMARTS) is 1. The van der Waals surface area contributed by atoms with E-state index in [1.54, 1.807) is 18.7 Å². The molecule has 0 aliphatic rings. The van der Waals surface area contributed by atoms with E-state index in [-0.39, 0.29) is 6.42 Å². The molecule has 1 unspecified atom stereocenters. The molecule has 3 aromatic carbocycles. The summed E-state index contributed by atoms with van der Waals surface area (Å²) < 4.78 is 5.84. The molecular formula is C25H26ClNO3S. The van der Waals surface area contributed by atoms with Crippen LogP contribution in [0.3, 0.4) is 0 Å². The van der Waals surface area contributed by atoms with Crippen LogP contribution in [0.2, 0.25) is 5.02 Å². The number of benzene rings is 3. The molecule has 3 aromatic rings. The predicted molar refractivity (Wildman–Crippen MR) is 126 cm³/mol. The third-order valence-corrected chi connectivity index (χ3v) is 6.49. The molecule has 0 spiro atoms. The van der Waals surface area contributed by atoms with Gasteiger partial charge in [-0.3, -0.25) is 4.79 Å². The topological polar surface area (TPSA) is 72.5 Å². The van der Waals surface area contributed by atoms with Crippen molar-refractivity contribution >= 4 is 29.3 Å². The van der Waals surface area contributed by atoms with Crippen molar-refractivity contribution in [1.82, 2.24) is 0 Å². The van der Waals surface area contributed by atoms with Gasteiger partial charge in [0.2, 0.25) is 0 Å². The number of hydrogen-bond acceptors (Lipinski definition) is 4. The first-order chi connectivity index (χ1) is 14.8. The van der Waals surface area contributed by atoms with Crippen molar-refractivity contribution in [1.29, 1.82) is 0 Å². The van der Waals surface area contributed by atoms with Crippen LogP contribution >= 0.6 is 23.4 Å². The first-order valence-corrected chi connectivity index (χ1v) is 11.2. The van der Waals surface area contributed by atoms with Gasteiger partial charge in [0.05, 0.1) is 11.4 Å². The van der Waals surface area contributed by atoms with Crippen LogP contribution in [0.1, 0.15) is 30.9 Å². The van der Waals surface area contributed by atoms with Crippen molar-refractivity contribution in [2.45, 2.75) is 48.1 Å². The highest BCUT2D eigenvalue weighted by Crippen LogP contribution is 2.36. The van der Waals surface area contributed by atoms with Crippen LogP contribution in [0.5, 0.6) is 5.75 Å². The van der Waals surface area contributed by atoms with Gasteiger partial charge in [0, 0.05) is 15.3 Å². The van der Waals surface area contributed by atoms with E-state index in [0.717, 1.165) is 26.7 Å². The van der Waals surface area contributed by atoms with Gasteiger partial charge in [0.1, 0.15) is 12.4 Å². The molecule has 3 N–H and O–H groups in total. The minimum atomic E-state index is -0.892. The van der Waals surface area contributed by atoms with E-state index >= 15 is 0 Å². The summed E-state index contributed by atoms with van der Waals surface area (Å²) >= 11 is 8.22. The van der Waals surface area contributed by atoms with Crippen molar-refractivity contribution in [3.63, 3.8) is 0 Å². The molecule has 1 atom stereocenters. The van der Waals surface area contributed by atoms with E-state index in [0.29, 0.717) is 24.5 Å². The molecule has 0 radical (unpaired) electrons. The lowest BCUT2D eigenvalue weighted by Crippen LogP contribution is -2.39. The first-order valence-electron chi connectivity index (χ1n) is 10.1. The number of ether oxygens (including phenoxy) is 1. The van der Waals surface area contributed by atoms with Crippen LogP contribution in [0.15, 0.2) is 82.6 Å². The lowest BCUT2D eigenvalue weighted by molar-refractivity contribution is -0.138. The number of aryl methyl sites for hydroxylation is 1. The van der Waals surface area contributed by atoms with E-state index in [2.05, 4.69) is 0 Å². The number of aliphatic carboxylic acids is 1. The largest absolute Gasteiger partial charge is 0.489 e. The van der Waals surface area contributed by atoms with Crippen molar-refractivity contribution < 1.29 is 14.6 Å². The summed E-state index contributed by atoms with van der Waals surface area (Å²) in [5.74, 6) is -0.0784. The summed E-state index contributed by atoms with van der Waals surface area (Å²) in [5.41, 5.74) is 7.44. The molecule has 0 aromatic heterocycles. The number of halogens is 1. The van der Waals surface area contributed by atoms with Gasteiger partial charge in [0.15, 0.2) is 0 Å². The fourth-order valence-corrected chi connectivity index (χ4v) is 4.38. The maximum atomic E-state index is 11.0. The normalized spacial score (nSPS) is 12.9. The van der Waals surface area contributed by atoms with Gasteiger partial charge >= 0.3 is 5.97 Å². The highest BCUT2D eigenvalue weighted by molar-refractivity contribution is 7.99. The zero-order chi connectivity index (χ0) is 22.3. The van der Waals surface area contributed by atoms with E-state index in [4.69, 9.17) is 27.2 Å². The molecule has 0 aliphatic heterocycles. The molecule has 0 fully saturated rings. The van der Waals surface area contributed by atoms with Gasteiger partial charge in [-0.05, 0) is 61.2 Å². The molecule has 3 rings (SSSR count). The van der Waals surface area contributed by atoms with E-state index < -0.39 is 11.5 Å². The molecule has 0 amide bonds. The average Bonchev–Trinajstić information content (AvgIpc) is 2.74. The van der Waals surface area contributed by atoms with E-state index in [9.17, 15) is 4.79 Å². The van der Waals surface area contributed by atoms with Gasteiger partial charge in [0.25, 0.3) is 0 Å². The third-order valence-electron chi connectivity index (χ3n) is 4.86. The van der Waals surface area contributed by atoms with Crippen LogP contribution in [0.25, 0.3) is 0 Å². The monoisotopic (exact) mass is 455 g/mol. The Labute approximate surface area is 192 Å². The summed E-state index contributed by atoms with van der Waals surface area (Å²) in [7, 11) is 0. The number of carboxylic acids is 1. The Morgan fingerprint density at radius 1 is 1.06 bits per heavy atom. The number of hydrogen-bond donors (Lipinski definition) is 2. The predicted octanol–water partition coefficient (Wildman–Crippen LogP) is 6.19. The number of carbonyl (C=O) groups is 1.